The van der Waals surface area contributed by atoms with Crippen LogP contribution < -0.4 is 0 Å². The van der Waals surface area contributed by atoms with Crippen molar-refractivity contribution in [3.63, 3.8) is 0 Å². The maximum Gasteiger partial charge on any atom is 0.112 e. The fourth-order valence-corrected chi connectivity index (χ4v) is 3.22. The molecule has 0 unspecified atom stereocenters. The van der Waals surface area contributed by atoms with Gasteiger partial charge < -0.3 is 5.11 Å². The second-order valence-corrected chi connectivity index (χ2v) is 6.07. The Balaban J connectivity index is 1.93. The van der Waals surface area contributed by atoms with E-state index in [0.717, 1.165) is 17.4 Å². The smallest absolute Gasteiger partial charge is 0.112 e. The van der Waals surface area contributed by atoms with Gasteiger partial charge >= 0.3 is 0 Å². The van der Waals surface area contributed by atoms with E-state index < -0.39 is 6.10 Å². The highest BCUT2D eigenvalue weighted by Gasteiger charge is 2.21. The molecule has 1 heteroatoms. The Labute approximate surface area is 123 Å². The van der Waals surface area contributed by atoms with Crippen LogP contribution in [0.5, 0.6) is 0 Å². The van der Waals surface area contributed by atoms with Crippen LogP contribution in [0.15, 0.2) is 24.3 Å². The highest BCUT2D eigenvalue weighted by molar-refractivity contribution is 5.37. The number of aliphatic hydroxyl groups excluding tert-OH is 1. The number of hydrogen-bond donors (Lipinski definition) is 1. The molecule has 1 fully saturated rings. The SMILES string of the molecule is CCCC1CCC(c2ccc(C#C[C@H](C)O)cc2)CC1. The Morgan fingerprint density at radius 3 is 2.35 bits per heavy atom. The monoisotopic (exact) mass is 270 g/mol. The largest absolute Gasteiger partial charge is 0.381 e. The van der Waals surface area contributed by atoms with Crippen molar-refractivity contribution in [3.05, 3.63) is 35.4 Å². The summed E-state index contributed by atoms with van der Waals surface area (Å²) >= 11 is 0. The first-order valence-electron chi connectivity index (χ1n) is 7.98. The lowest BCUT2D eigenvalue weighted by Gasteiger charge is -2.28. The third-order valence-corrected chi connectivity index (χ3v) is 4.35. The normalized spacial score (nSPS) is 23.8. The summed E-state index contributed by atoms with van der Waals surface area (Å²) in [5.74, 6) is 7.49. The summed E-state index contributed by atoms with van der Waals surface area (Å²) < 4.78 is 0. The van der Waals surface area contributed by atoms with Crippen LogP contribution >= 0.6 is 0 Å². The molecular formula is C19H26O. The number of benzene rings is 1. The van der Waals surface area contributed by atoms with Gasteiger partial charge in [0.15, 0.2) is 0 Å². The molecule has 0 saturated heterocycles. The first-order chi connectivity index (χ1) is 9.69. The summed E-state index contributed by atoms with van der Waals surface area (Å²) in [6.45, 7) is 3.98. The molecule has 1 aliphatic carbocycles. The zero-order chi connectivity index (χ0) is 14.4. The second-order valence-electron chi connectivity index (χ2n) is 6.07. The van der Waals surface area contributed by atoms with Gasteiger partial charge in [0, 0.05) is 5.56 Å². The molecule has 1 aromatic carbocycles. The van der Waals surface area contributed by atoms with Crippen LogP contribution in [0, 0.1) is 17.8 Å². The molecule has 1 N–H and O–H groups in total. The third kappa shape index (κ3) is 4.39. The molecule has 0 spiro atoms. The van der Waals surface area contributed by atoms with Crippen molar-refractivity contribution < 1.29 is 5.11 Å². The molecule has 0 aromatic heterocycles. The van der Waals surface area contributed by atoms with Crippen LogP contribution in [-0.4, -0.2) is 11.2 Å². The fraction of sp³-hybridized carbons (Fsp3) is 0.579. The van der Waals surface area contributed by atoms with E-state index in [1.54, 1.807) is 6.92 Å². The quantitative estimate of drug-likeness (QED) is 0.802. The van der Waals surface area contributed by atoms with Crippen LogP contribution in [-0.2, 0) is 0 Å². The van der Waals surface area contributed by atoms with Crippen molar-refractivity contribution in [1.82, 2.24) is 0 Å². The molecule has 0 bridgehead atoms. The van der Waals surface area contributed by atoms with Crippen molar-refractivity contribution >= 4 is 0 Å². The Bertz CT molecular complexity index is 453. The first-order valence-corrected chi connectivity index (χ1v) is 7.98. The molecule has 0 amide bonds. The molecule has 2 rings (SSSR count). The van der Waals surface area contributed by atoms with Crippen LogP contribution in [0.25, 0.3) is 0 Å². The minimum atomic E-state index is -0.552. The van der Waals surface area contributed by atoms with E-state index in [2.05, 4.69) is 43.0 Å². The highest BCUT2D eigenvalue weighted by Crippen LogP contribution is 2.37. The van der Waals surface area contributed by atoms with Crippen molar-refractivity contribution in [3.8, 4) is 11.8 Å². The van der Waals surface area contributed by atoms with Crippen LogP contribution in [0.1, 0.15) is 69.4 Å². The summed E-state index contributed by atoms with van der Waals surface area (Å²) in [7, 11) is 0. The van der Waals surface area contributed by atoms with Gasteiger partial charge in [-0.25, -0.2) is 0 Å². The van der Waals surface area contributed by atoms with E-state index in [1.807, 2.05) is 0 Å². The molecule has 1 aromatic rings. The van der Waals surface area contributed by atoms with E-state index in [0.29, 0.717) is 0 Å². The Morgan fingerprint density at radius 1 is 1.15 bits per heavy atom. The van der Waals surface area contributed by atoms with Gasteiger partial charge in [0.1, 0.15) is 6.10 Å². The predicted octanol–water partition coefficient (Wildman–Crippen LogP) is 4.49. The van der Waals surface area contributed by atoms with Crippen molar-refractivity contribution in [1.29, 1.82) is 0 Å². The van der Waals surface area contributed by atoms with E-state index in [-0.39, 0.29) is 0 Å². The summed E-state index contributed by atoms with van der Waals surface area (Å²) in [4.78, 5) is 0. The third-order valence-electron chi connectivity index (χ3n) is 4.35. The van der Waals surface area contributed by atoms with E-state index in [9.17, 15) is 0 Å². The van der Waals surface area contributed by atoms with Gasteiger partial charge in [0.05, 0.1) is 0 Å². The molecule has 1 saturated carbocycles. The summed E-state index contributed by atoms with van der Waals surface area (Å²) in [6, 6.07) is 8.61. The summed E-state index contributed by atoms with van der Waals surface area (Å²) in [5.41, 5.74) is 2.46. The molecule has 1 atom stereocenters. The summed E-state index contributed by atoms with van der Waals surface area (Å²) in [5, 5.41) is 9.17. The lowest BCUT2D eigenvalue weighted by molar-refractivity contribution is 0.253. The molecule has 20 heavy (non-hydrogen) atoms. The average Bonchev–Trinajstić information content (AvgIpc) is 2.47. The van der Waals surface area contributed by atoms with Crippen LogP contribution in [0.2, 0.25) is 0 Å². The molecule has 0 radical (unpaired) electrons. The Kier molecular flexibility index (Phi) is 5.68. The topological polar surface area (TPSA) is 20.2 Å². The number of rotatable bonds is 3. The van der Waals surface area contributed by atoms with E-state index in [4.69, 9.17) is 5.11 Å². The molecule has 108 valence electrons. The summed E-state index contributed by atoms with van der Waals surface area (Å²) in [6.07, 6.45) is 7.63. The van der Waals surface area contributed by atoms with Crippen molar-refractivity contribution in [2.75, 3.05) is 0 Å². The van der Waals surface area contributed by atoms with E-state index >= 15 is 0 Å². The van der Waals surface area contributed by atoms with Crippen LogP contribution in [0.4, 0.5) is 0 Å². The molecule has 0 heterocycles. The van der Waals surface area contributed by atoms with Gasteiger partial charge in [-0.15, -0.1) is 0 Å². The van der Waals surface area contributed by atoms with Gasteiger partial charge in [-0.3, -0.25) is 0 Å². The van der Waals surface area contributed by atoms with E-state index in [1.165, 1.54) is 44.1 Å². The molecule has 1 nitrogen and oxygen atoms in total. The molecule has 1 aliphatic rings. The van der Waals surface area contributed by atoms with Gasteiger partial charge in [0.25, 0.3) is 0 Å². The standard InChI is InChI=1S/C19H26O/c1-3-4-16-7-11-18(12-8-16)19-13-9-17(10-14-19)6-5-15(2)20/h9-10,13-16,18,20H,3-4,7-8,11-12H2,1-2H3/t15-,16?,18?/m0/s1. The highest BCUT2D eigenvalue weighted by atomic mass is 16.3. The van der Waals surface area contributed by atoms with Gasteiger partial charge in [-0.05, 0) is 62.1 Å². The zero-order valence-corrected chi connectivity index (χ0v) is 12.7. The number of hydrogen-bond acceptors (Lipinski definition) is 1. The lowest BCUT2D eigenvalue weighted by atomic mass is 9.77. The molecular weight excluding hydrogens is 244 g/mol. The minimum Gasteiger partial charge on any atom is -0.381 e. The van der Waals surface area contributed by atoms with Gasteiger partial charge in [0.2, 0.25) is 0 Å². The number of aliphatic hydroxyl groups is 1. The zero-order valence-electron chi connectivity index (χ0n) is 12.7. The Hall–Kier alpha value is -1.26. The predicted molar refractivity (Wildman–Crippen MR) is 84.6 cm³/mol. The van der Waals surface area contributed by atoms with Gasteiger partial charge in [-0.2, -0.15) is 0 Å². The first kappa shape index (κ1) is 15.1. The minimum absolute atomic E-state index is 0.552. The lowest BCUT2D eigenvalue weighted by Crippen LogP contribution is -2.13. The van der Waals surface area contributed by atoms with Crippen LogP contribution in [0.3, 0.4) is 0 Å². The maximum absolute atomic E-state index is 9.17. The molecule has 0 aliphatic heterocycles. The fourth-order valence-electron chi connectivity index (χ4n) is 3.22. The van der Waals surface area contributed by atoms with Crippen molar-refractivity contribution in [2.45, 2.75) is 64.4 Å². The maximum atomic E-state index is 9.17. The Morgan fingerprint density at radius 2 is 1.80 bits per heavy atom. The van der Waals surface area contributed by atoms with Gasteiger partial charge in [-0.1, -0.05) is 43.7 Å². The second kappa shape index (κ2) is 7.50. The average molecular weight is 270 g/mol. The van der Waals surface area contributed by atoms with Crippen molar-refractivity contribution in [2.24, 2.45) is 5.92 Å².